The van der Waals surface area contributed by atoms with E-state index in [1.54, 1.807) is 49.4 Å². The number of aromatic nitrogens is 1. The normalized spacial score (nSPS) is 14.1. The first-order valence-electron chi connectivity index (χ1n) is 11.0. The van der Waals surface area contributed by atoms with Gasteiger partial charge in [-0.2, -0.15) is 0 Å². The average molecular weight is 501 g/mol. The highest BCUT2D eigenvalue weighted by Gasteiger charge is 2.35. The molecule has 1 aromatic heterocycles. The average Bonchev–Trinajstić information content (AvgIpc) is 2.90. The number of carbonyl (C=O) groups is 1. The van der Waals surface area contributed by atoms with Gasteiger partial charge in [-0.05, 0) is 35.4 Å². The number of carbonyl (C=O) groups excluding carboxylic acids is 1. The highest BCUT2D eigenvalue weighted by molar-refractivity contribution is 7.97. The number of methoxy groups -OCH3 is 4. The molecule has 0 atom stereocenters. The summed E-state index contributed by atoms with van der Waals surface area (Å²) in [5.74, 6) is 2.59. The lowest BCUT2D eigenvalue weighted by molar-refractivity contribution is -0.270. The molecule has 9 nitrogen and oxygen atoms in total. The molecule has 0 N–H and O–H groups in total. The molecule has 1 aliphatic heterocycles. The second kappa shape index (κ2) is 9.99. The van der Waals surface area contributed by atoms with Gasteiger partial charge >= 0.3 is 5.56 Å². The van der Waals surface area contributed by atoms with Crippen molar-refractivity contribution < 1.29 is 28.8 Å². The van der Waals surface area contributed by atoms with Gasteiger partial charge in [-0.15, -0.1) is 0 Å². The maximum atomic E-state index is 13.4. The zero-order chi connectivity index (χ0) is 25.3. The number of hydrogen-bond donors (Lipinski definition) is 0. The number of rotatable bonds is 6. The van der Waals surface area contributed by atoms with Gasteiger partial charge in [-0.1, -0.05) is 0 Å². The van der Waals surface area contributed by atoms with E-state index in [-0.39, 0.29) is 22.1 Å². The first kappa shape index (κ1) is 24.6. The highest BCUT2D eigenvalue weighted by Crippen LogP contribution is 2.37. The highest BCUT2D eigenvalue weighted by atomic mass is 32.2. The van der Waals surface area contributed by atoms with Crippen LogP contribution in [0.15, 0.2) is 40.0 Å². The molecule has 1 aliphatic rings. The Labute approximate surface area is 206 Å². The molecular formula is C25H28N2O7S. The topological polar surface area (TPSA) is 102 Å². The molecule has 0 spiro atoms. The van der Waals surface area contributed by atoms with Gasteiger partial charge in [0.1, 0.15) is 11.5 Å². The van der Waals surface area contributed by atoms with Crippen LogP contribution in [0.4, 0.5) is 0 Å². The van der Waals surface area contributed by atoms with Crippen molar-refractivity contribution in [1.29, 1.82) is 0 Å². The second-order valence-electron chi connectivity index (χ2n) is 8.01. The fourth-order valence-corrected chi connectivity index (χ4v) is 6.53. The van der Waals surface area contributed by atoms with Crippen LogP contribution in [-0.2, 0) is 17.9 Å². The Balaban J connectivity index is 1.61. The molecular weight excluding hydrogens is 472 g/mol. The smallest absolute Gasteiger partial charge is 0.305 e. The van der Waals surface area contributed by atoms with Crippen LogP contribution in [0.5, 0.6) is 28.7 Å². The van der Waals surface area contributed by atoms with Gasteiger partial charge in [0, 0.05) is 29.6 Å². The van der Waals surface area contributed by atoms with E-state index in [2.05, 4.69) is 0 Å². The van der Waals surface area contributed by atoms with E-state index in [1.807, 2.05) is 0 Å². The van der Waals surface area contributed by atoms with Crippen molar-refractivity contribution in [3.05, 3.63) is 46.2 Å². The summed E-state index contributed by atoms with van der Waals surface area (Å²) < 4.78 is 22.7. The summed E-state index contributed by atoms with van der Waals surface area (Å²) in [6.45, 7) is 0.895. The number of nitrogens with zero attached hydrogens (tertiary/aromatic N) is 2. The summed E-state index contributed by atoms with van der Waals surface area (Å²) in [5, 5.41) is 13.8. The van der Waals surface area contributed by atoms with Crippen LogP contribution in [0.1, 0.15) is 10.4 Å². The Hall–Kier alpha value is -3.53. The van der Waals surface area contributed by atoms with Crippen LogP contribution in [0.2, 0.25) is 0 Å². The molecule has 3 aromatic rings. The quantitative estimate of drug-likeness (QED) is 0.476. The molecule has 4 rings (SSSR count). The third-order valence-corrected chi connectivity index (χ3v) is 8.52. The second-order valence-corrected chi connectivity index (χ2v) is 10.2. The van der Waals surface area contributed by atoms with E-state index in [9.17, 15) is 14.7 Å². The maximum Gasteiger partial charge on any atom is 0.305 e. The van der Waals surface area contributed by atoms with Crippen LogP contribution < -0.4 is 29.6 Å². The number of amides is 1. The summed E-state index contributed by atoms with van der Waals surface area (Å²) in [7, 11) is 7.15. The molecule has 1 amide bonds. The fourth-order valence-electron chi connectivity index (χ4n) is 4.28. The van der Waals surface area contributed by atoms with Crippen molar-refractivity contribution in [3.8, 4) is 28.7 Å². The van der Waals surface area contributed by atoms with Gasteiger partial charge in [0.25, 0.3) is 5.91 Å². The summed E-state index contributed by atoms with van der Waals surface area (Å²) in [4.78, 5) is 28.3. The van der Waals surface area contributed by atoms with Gasteiger partial charge in [0.2, 0.25) is 4.90 Å². The van der Waals surface area contributed by atoms with Crippen molar-refractivity contribution in [2.75, 3.05) is 53.0 Å². The maximum absolute atomic E-state index is 13.4. The SMILES string of the molecule is COc1ccc(C(=O)N2CC[S+](c3c([O-])c4cc(OC)c(OC)cc4n(C)c3=O)CC2)cc1OC. The molecule has 10 heteroatoms. The molecule has 0 radical (unpaired) electrons. The minimum Gasteiger partial charge on any atom is -0.868 e. The van der Waals surface area contributed by atoms with Crippen molar-refractivity contribution in [1.82, 2.24) is 9.47 Å². The third-order valence-electron chi connectivity index (χ3n) is 6.23. The van der Waals surface area contributed by atoms with E-state index >= 15 is 0 Å². The predicted molar refractivity (Wildman–Crippen MR) is 133 cm³/mol. The van der Waals surface area contributed by atoms with Crippen molar-refractivity contribution in [3.63, 3.8) is 0 Å². The number of hydrogen-bond acceptors (Lipinski definition) is 7. The van der Waals surface area contributed by atoms with Crippen LogP contribution in [0.3, 0.4) is 0 Å². The first-order valence-corrected chi connectivity index (χ1v) is 12.5. The van der Waals surface area contributed by atoms with Gasteiger partial charge in [0.05, 0.1) is 47.0 Å². The van der Waals surface area contributed by atoms with Crippen LogP contribution in [0, 0.1) is 0 Å². The summed E-state index contributed by atoms with van der Waals surface area (Å²) in [5.41, 5.74) is 0.682. The first-order chi connectivity index (χ1) is 16.8. The zero-order valence-electron chi connectivity index (χ0n) is 20.4. The van der Waals surface area contributed by atoms with E-state index < -0.39 is 10.9 Å². The molecule has 186 valence electrons. The summed E-state index contributed by atoms with van der Waals surface area (Å²) in [6.07, 6.45) is 0. The lowest BCUT2D eigenvalue weighted by atomic mass is 10.1. The molecule has 0 saturated carbocycles. The monoisotopic (exact) mass is 500 g/mol. The largest absolute Gasteiger partial charge is 0.868 e. The number of fused-ring (bicyclic) bond motifs is 1. The Bertz CT molecular complexity index is 1330. The van der Waals surface area contributed by atoms with Crippen LogP contribution in [0.25, 0.3) is 10.9 Å². The molecule has 2 aromatic carbocycles. The Kier molecular flexibility index (Phi) is 7.02. The minimum atomic E-state index is -0.574. The van der Waals surface area contributed by atoms with Crippen molar-refractivity contribution in [2.24, 2.45) is 7.05 Å². The predicted octanol–water partition coefficient (Wildman–Crippen LogP) is 1.78. The molecule has 1 saturated heterocycles. The molecule has 0 aliphatic carbocycles. The summed E-state index contributed by atoms with van der Waals surface area (Å²) >= 11 is 0. The van der Waals surface area contributed by atoms with Gasteiger partial charge in [-0.3, -0.25) is 9.59 Å². The van der Waals surface area contributed by atoms with Crippen LogP contribution in [-0.4, -0.2) is 68.4 Å². The van der Waals surface area contributed by atoms with Crippen LogP contribution >= 0.6 is 0 Å². The van der Waals surface area contributed by atoms with Gasteiger partial charge in [-0.25, -0.2) is 0 Å². The Morgan fingerprint density at radius 2 is 1.46 bits per heavy atom. The van der Waals surface area contributed by atoms with Crippen molar-refractivity contribution in [2.45, 2.75) is 4.90 Å². The number of ether oxygens (including phenoxy) is 4. The molecule has 0 unspecified atom stereocenters. The Morgan fingerprint density at radius 1 is 0.886 bits per heavy atom. The minimum absolute atomic E-state index is 0.125. The standard InChI is InChI=1S/C25H28N2O7S/c1-26-17-14-21(34-5)20(33-4)13-16(17)22(28)23(25(26)30)35-10-8-27(9-11-35)24(29)15-6-7-18(31-2)19(12-15)32-3/h6-7,12-14H,8-11H2,1-5H3. The number of benzene rings is 2. The number of pyridine rings is 1. The van der Waals surface area contributed by atoms with E-state index in [0.717, 1.165) is 0 Å². The third kappa shape index (κ3) is 4.34. The fraction of sp³-hybridized carbons (Fsp3) is 0.360. The van der Waals surface area contributed by atoms with Crippen molar-refractivity contribution >= 4 is 27.7 Å². The molecule has 0 bridgehead atoms. The number of aryl methyl sites for hydroxylation is 1. The van der Waals surface area contributed by atoms with E-state index in [1.165, 1.54) is 25.9 Å². The van der Waals surface area contributed by atoms with E-state index in [4.69, 9.17) is 18.9 Å². The van der Waals surface area contributed by atoms with E-state index in [0.29, 0.717) is 64.1 Å². The van der Waals surface area contributed by atoms with Gasteiger partial charge < -0.3 is 33.5 Å². The lowest BCUT2D eigenvalue weighted by Crippen LogP contribution is -2.45. The Morgan fingerprint density at radius 3 is 2.06 bits per heavy atom. The molecule has 2 heterocycles. The molecule has 35 heavy (non-hydrogen) atoms. The summed E-state index contributed by atoms with van der Waals surface area (Å²) in [6, 6.07) is 8.33. The zero-order valence-corrected chi connectivity index (χ0v) is 21.2. The van der Waals surface area contributed by atoms with Gasteiger partial charge in [0.15, 0.2) is 23.0 Å². The molecule has 1 fully saturated rings. The lowest BCUT2D eigenvalue weighted by Gasteiger charge is -2.28.